The first-order chi connectivity index (χ1) is 7.77. The van der Waals surface area contributed by atoms with Gasteiger partial charge in [-0.05, 0) is 36.9 Å². The molecule has 0 aliphatic heterocycles. The molecule has 0 unspecified atom stereocenters. The number of fused-ring (bicyclic) bond motifs is 1. The number of benzene rings is 1. The summed E-state index contributed by atoms with van der Waals surface area (Å²) in [6, 6.07) is 8.49. The van der Waals surface area contributed by atoms with Crippen LogP contribution in [-0.2, 0) is 6.42 Å². The Labute approximate surface area is 96.9 Å². The largest absolute Gasteiger partial charge is 0.358 e. The monoisotopic (exact) mass is 216 g/mol. The van der Waals surface area contributed by atoms with Gasteiger partial charge in [0, 0.05) is 16.6 Å². The van der Waals surface area contributed by atoms with E-state index in [2.05, 4.69) is 43.1 Å². The Balaban J connectivity index is 2.58. The molecule has 2 nitrogen and oxygen atoms in total. The van der Waals surface area contributed by atoms with Crippen LogP contribution in [0, 0.1) is 0 Å². The van der Waals surface area contributed by atoms with Crippen molar-refractivity contribution in [3.63, 3.8) is 0 Å². The average molecular weight is 216 g/mol. The third-order valence-electron chi connectivity index (χ3n) is 3.35. The molecule has 0 aliphatic rings. The zero-order valence-corrected chi connectivity index (χ0v) is 10.1. The molecule has 2 aromatic rings. The van der Waals surface area contributed by atoms with E-state index in [9.17, 15) is 0 Å². The van der Waals surface area contributed by atoms with Gasteiger partial charge in [-0.1, -0.05) is 32.0 Å². The molecule has 0 fully saturated rings. The lowest BCUT2D eigenvalue weighted by Crippen LogP contribution is -2.05. The van der Waals surface area contributed by atoms with Crippen LogP contribution in [0.1, 0.15) is 37.4 Å². The van der Waals surface area contributed by atoms with E-state index in [4.69, 9.17) is 5.73 Å². The molecule has 0 radical (unpaired) electrons. The Kier molecular flexibility index (Phi) is 3.30. The molecule has 1 aromatic heterocycles. The van der Waals surface area contributed by atoms with Crippen LogP contribution in [0.25, 0.3) is 10.9 Å². The van der Waals surface area contributed by atoms with E-state index in [1.807, 2.05) is 0 Å². The van der Waals surface area contributed by atoms with Gasteiger partial charge >= 0.3 is 0 Å². The second kappa shape index (κ2) is 4.71. The van der Waals surface area contributed by atoms with Gasteiger partial charge in [0.1, 0.15) is 0 Å². The van der Waals surface area contributed by atoms with Crippen molar-refractivity contribution in [2.45, 2.75) is 32.6 Å². The van der Waals surface area contributed by atoms with Crippen molar-refractivity contribution in [2.24, 2.45) is 5.73 Å². The Morgan fingerprint density at radius 1 is 1.31 bits per heavy atom. The van der Waals surface area contributed by atoms with Crippen molar-refractivity contribution in [3.8, 4) is 0 Å². The van der Waals surface area contributed by atoms with Gasteiger partial charge in [0.25, 0.3) is 0 Å². The molecule has 1 heterocycles. The third kappa shape index (κ3) is 1.85. The summed E-state index contributed by atoms with van der Waals surface area (Å²) < 4.78 is 0. The molecule has 2 heteroatoms. The minimum atomic E-state index is 0.578. The minimum Gasteiger partial charge on any atom is -0.358 e. The summed E-state index contributed by atoms with van der Waals surface area (Å²) in [4.78, 5) is 3.54. The maximum atomic E-state index is 5.71. The fourth-order valence-corrected chi connectivity index (χ4v) is 2.26. The van der Waals surface area contributed by atoms with Gasteiger partial charge in [0.05, 0.1) is 0 Å². The summed E-state index contributed by atoms with van der Waals surface area (Å²) in [5.74, 6) is 0.578. The van der Waals surface area contributed by atoms with E-state index in [1.165, 1.54) is 22.2 Å². The minimum absolute atomic E-state index is 0.578. The smallest absolute Gasteiger partial charge is 0.0459 e. The summed E-state index contributed by atoms with van der Waals surface area (Å²) in [6.45, 7) is 5.21. The average Bonchev–Trinajstić information content (AvgIpc) is 2.68. The van der Waals surface area contributed by atoms with Crippen LogP contribution in [-0.4, -0.2) is 11.5 Å². The van der Waals surface area contributed by atoms with Crippen LogP contribution in [0.5, 0.6) is 0 Å². The summed E-state index contributed by atoms with van der Waals surface area (Å²) in [7, 11) is 0. The molecule has 0 saturated carbocycles. The van der Waals surface area contributed by atoms with Crippen LogP contribution in [0.4, 0.5) is 0 Å². The summed E-state index contributed by atoms with van der Waals surface area (Å²) in [6.07, 6.45) is 2.12. The van der Waals surface area contributed by atoms with Gasteiger partial charge in [0.15, 0.2) is 0 Å². The highest BCUT2D eigenvalue weighted by molar-refractivity contribution is 5.84. The number of nitrogens with two attached hydrogens (primary N) is 1. The Hall–Kier alpha value is -1.28. The zero-order chi connectivity index (χ0) is 11.5. The number of H-pyrrole nitrogens is 1. The number of para-hydroxylation sites is 1. The molecule has 1 aromatic carbocycles. The Morgan fingerprint density at radius 2 is 2.06 bits per heavy atom. The highest BCUT2D eigenvalue weighted by Crippen LogP contribution is 2.29. The molecule has 86 valence electrons. The van der Waals surface area contributed by atoms with Gasteiger partial charge in [-0.15, -0.1) is 0 Å². The predicted octanol–water partition coefficient (Wildman–Crippen LogP) is 3.18. The lowest BCUT2D eigenvalue weighted by atomic mass is 9.98. The van der Waals surface area contributed by atoms with Crippen LogP contribution in [0.15, 0.2) is 24.3 Å². The summed E-state index contributed by atoms with van der Waals surface area (Å²) in [5.41, 5.74) is 9.72. The van der Waals surface area contributed by atoms with Crippen molar-refractivity contribution in [2.75, 3.05) is 6.54 Å². The summed E-state index contributed by atoms with van der Waals surface area (Å²) >= 11 is 0. The maximum absolute atomic E-state index is 5.71. The topological polar surface area (TPSA) is 41.8 Å². The van der Waals surface area contributed by atoms with Gasteiger partial charge in [-0.3, -0.25) is 0 Å². The fraction of sp³-hybridized carbons (Fsp3) is 0.429. The van der Waals surface area contributed by atoms with E-state index in [0.717, 1.165) is 12.8 Å². The Bertz CT molecular complexity index is 471. The molecule has 0 bridgehead atoms. The summed E-state index contributed by atoms with van der Waals surface area (Å²) in [5, 5.41) is 1.34. The molecule has 1 atom stereocenters. The molecule has 16 heavy (non-hydrogen) atoms. The van der Waals surface area contributed by atoms with Crippen LogP contribution < -0.4 is 5.73 Å². The maximum Gasteiger partial charge on any atom is 0.0459 e. The molecule has 3 N–H and O–H groups in total. The highest BCUT2D eigenvalue weighted by Gasteiger charge is 2.14. The first-order valence-corrected chi connectivity index (χ1v) is 6.07. The Morgan fingerprint density at radius 3 is 2.75 bits per heavy atom. The first kappa shape index (κ1) is 11.2. The number of aromatic amines is 1. The lowest BCUT2D eigenvalue weighted by molar-refractivity contribution is 0.704. The van der Waals surface area contributed by atoms with E-state index >= 15 is 0 Å². The molecule has 2 rings (SSSR count). The van der Waals surface area contributed by atoms with Crippen molar-refractivity contribution in [3.05, 3.63) is 35.5 Å². The van der Waals surface area contributed by atoms with Crippen molar-refractivity contribution < 1.29 is 0 Å². The van der Waals surface area contributed by atoms with E-state index < -0.39 is 0 Å². The van der Waals surface area contributed by atoms with Crippen LogP contribution in [0.3, 0.4) is 0 Å². The fourth-order valence-electron chi connectivity index (χ4n) is 2.26. The zero-order valence-electron chi connectivity index (χ0n) is 10.1. The van der Waals surface area contributed by atoms with Crippen molar-refractivity contribution >= 4 is 10.9 Å². The van der Waals surface area contributed by atoms with Gasteiger partial charge in [-0.2, -0.15) is 0 Å². The lowest BCUT2D eigenvalue weighted by Gasteiger charge is -2.09. The van der Waals surface area contributed by atoms with Gasteiger partial charge < -0.3 is 10.7 Å². The highest BCUT2D eigenvalue weighted by atomic mass is 14.7. The molecular formula is C14H20N2. The molecular weight excluding hydrogens is 196 g/mol. The van der Waals surface area contributed by atoms with Crippen molar-refractivity contribution in [1.29, 1.82) is 0 Å². The standard InChI is InChI=1S/C14H20N2/c1-3-10(2)14-12(8-9-15)11-6-4-5-7-13(11)16-14/h4-7,10,16H,3,8-9,15H2,1-2H3/t10-/m0/s1. The predicted molar refractivity (Wildman–Crippen MR) is 69.8 cm³/mol. The van der Waals surface area contributed by atoms with Gasteiger partial charge in [-0.25, -0.2) is 0 Å². The van der Waals surface area contributed by atoms with Crippen molar-refractivity contribution in [1.82, 2.24) is 4.98 Å². The van der Waals surface area contributed by atoms with E-state index in [0.29, 0.717) is 12.5 Å². The number of aromatic nitrogens is 1. The first-order valence-electron chi connectivity index (χ1n) is 6.07. The van der Waals surface area contributed by atoms with E-state index in [-0.39, 0.29) is 0 Å². The third-order valence-corrected chi connectivity index (χ3v) is 3.35. The quantitative estimate of drug-likeness (QED) is 0.809. The normalized spacial score (nSPS) is 13.2. The number of rotatable bonds is 4. The number of nitrogens with one attached hydrogen (secondary N) is 1. The number of hydrogen-bond donors (Lipinski definition) is 2. The molecule has 0 saturated heterocycles. The van der Waals surface area contributed by atoms with E-state index in [1.54, 1.807) is 0 Å². The second-order valence-corrected chi connectivity index (χ2v) is 4.41. The SMILES string of the molecule is CC[C@H](C)c1[nH]c2ccccc2c1CCN. The molecule has 0 spiro atoms. The van der Waals surface area contributed by atoms with Gasteiger partial charge in [0.2, 0.25) is 0 Å². The molecule has 0 amide bonds. The number of hydrogen-bond acceptors (Lipinski definition) is 1. The van der Waals surface area contributed by atoms with Crippen LogP contribution >= 0.6 is 0 Å². The van der Waals surface area contributed by atoms with Crippen LogP contribution in [0.2, 0.25) is 0 Å². The second-order valence-electron chi connectivity index (χ2n) is 4.41. The molecule has 0 aliphatic carbocycles.